The van der Waals surface area contributed by atoms with E-state index in [0.29, 0.717) is 41.1 Å². The normalized spacial score (nSPS) is 19.6. The Bertz CT molecular complexity index is 1410. The average Bonchev–Trinajstić information content (AvgIpc) is 2.85. The zero-order valence-electron chi connectivity index (χ0n) is 19.2. The average molecular weight is 487 g/mol. The van der Waals surface area contributed by atoms with Gasteiger partial charge in [0.1, 0.15) is 17.4 Å². The number of anilines is 1. The molecule has 0 aromatic heterocycles. The first-order valence-electron chi connectivity index (χ1n) is 11.5. The second kappa shape index (κ2) is 9.16. The molecule has 6 heteroatoms. The molecule has 35 heavy (non-hydrogen) atoms. The monoisotopic (exact) mass is 486 g/mol. The Balaban J connectivity index is 1.86. The predicted molar refractivity (Wildman–Crippen MR) is 137 cm³/mol. The molecule has 1 unspecified atom stereocenters. The van der Waals surface area contributed by atoms with Crippen LogP contribution >= 0.6 is 11.6 Å². The fourth-order valence-corrected chi connectivity index (χ4v) is 5.18. The Hall–Kier alpha value is -3.70. The number of nitrogens with one attached hydrogen (secondary N) is 1. The lowest BCUT2D eigenvalue weighted by atomic mass is 9.73. The highest BCUT2D eigenvalue weighted by atomic mass is 35.5. The van der Waals surface area contributed by atoms with E-state index in [0.717, 1.165) is 11.3 Å². The Kier molecular flexibility index (Phi) is 6.03. The van der Waals surface area contributed by atoms with Gasteiger partial charge in [0.25, 0.3) is 0 Å². The minimum Gasteiger partial charge on any atom is -0.507 e. The number of nitrogens with zero attached hydrogens (tertiary/aromatic N) is 1. The van der Waals surface area contributed by atoms with E-state index in [4.69, 9.17) is 11.6 Å². The summed E-state index contributed by atoms with van der Waals surface area (Å²) in [7, 11) is 0. The highest BCUT2D eigenvalue weighted by molar-refractivity contribution is 6.30. The third kappa shape index (κ3) is 3.96. The van der Waals surface area contributed by atoms with E-state index in [9.17, 15) is 15.3 Å². The molecule has 3 aromatic rings. The number of benzene rings is 3. The molecular formula is C29H24ClFN2O2. The molecule has 1 aliphatic heterocycles. The van der Waals surface area contributed by atoms with Crippen molar-refractivity contribution in [2.75, 3.05) is 4.90 Å². The second-order valence-corrected chi connectivity index (χ2v) is 9.27. The van der Waals surface area contributed by atoms with Gasteiger partial charge in [-0.1, -0.05) is 48.0 Å². The third-order valence-electron chi connectivity index (χ3n) is 6.70. The smallest absolute Gasteiger partial charge is 0.161 e. The van der Waals surface area contributed by atoms with E-state index in [1.54, 1.807) is 47.4 Å². The molecular weight excluding hydrogens is 463 g/mol. The van der Waals surface area contributed by atoms with E-state index >= 15 is 4.39 Å². The van der Waals surface area contributed by atoms with Crippen LogP contribution in [0, 0.1) is 18.2 Å². The van der Waals surface area contributed by atoms with Crippen LogP contribution in [-0.2, 0) is 4.79 Å². The summed E-state index contributed by atoms with van der Waals surface area (Å²) in [5, 5.41) is 21.4. The largest absolute Gasteiger partial charge is 0.507 e. The summed E-state index contributed by atoms with van der Waals surface area (Å²) in [6.45, 7) is 1.94. The van der Waals surface area contributed by atoms with Gasteiger partial charge in [-0.15, -0.1) is 0 Å². The Morgan fingerprint density at radius 2 is 1.71 bits per heavy atom. The van der Waals surface area contributed by atoms with Crippen LogP contribution in [0.25, 0.3) is 5.76 Å². The maximum atomic E-state index is 15.2. The van der Waals surface area contributed by atoms with Crippen LogP contribution in [0.3, 0.4) is 0 Å². The van der Waals surface area contributed by atoms with Gasteiger partial charge in [0.15, 0.2) is 5.78 Å². The SMILES string of the molecule is Cc1ccccc1N1C(=N)/C(=C(/O)c2ccc(Cl)cc2)C(c2ccccc2F)C2=C1CCCC2=O. The van der Waals surface area contributed by atoms with Gasteiger partial charge in [-0.2, -0.15) is 0 Å². The fourth-order valence-electron chi connectivity index (χ4n) is 5.06. The molecule has 1 aliphatic carbocycles. The van der Waals surface area contributed by atoms with Crippen molar-refractivity contribution in [3.63, 3.8) is 0 Å². The number of hydrogen-bond acceptors (Lipinski definition) is 3. The summed E-state index contributed by atoms with van der Waals surface area (Å²) in [5.74, 6) is -1.63. The minimum atomic E-state index is -0.901. The van der Waals surface area contributed by atoms with E-state index in [1.807, 2.05) is 31.2 Å². The molecule has 0 saturated carbocycles. The lowest BCUT2D eigenvalue weighted by Crippen LogP contribution is -2.43. The molecule has 1 atom stereocenters. The van der Waals surface area contributed by atoms with Gasteiger partial charge >= 0.3 is 0 Å². The molecule has 4 nitrogen and oxygen atoms in total. The number of halogens is 2. The third-order valence-corrected chi connectivity index (χ3v) is 6.95. The fraction of sp³-hybridized carbons (Fsp3) is 0.172. The van der Waals surface area contributed by atoms with Crippen LogP contribution in [0.5, 0.6) is 0 Å². The molecule has 2 aliphatic rings. The lowest BCUT2D eigenvalue weighted by molar-refractivity contribution is -0.116. The second-order valence-electron chi connectivity index (χ2n) is 8.83. The zero-order valence-corrected chi connectivity index (χ0v) is 19.9. The van der Waals surface area contributed by atoms with E-state index in [-0.39, 0.29) is 28.5 Å². The number of carbonyl (C=O) groups is 1. The van der Waals surface area contributed by atoms with Crippen molar-refractivity contribution in [1.29, 1.82) is 5.41 Å². The summed E-state index contributed by atoms with van der Waals surface area (Å²) >= 11 is 6.06. The zero-order chi connectivity index (χ0) is 24.7. The molecule has 5 rings (SSSR count). The highest BCUT2D eigenvalue weighted by Gasteiger charge is 2.44. The van der Waals surface area contributed by atoms with Crippen LogP contribution in [0.4, 0.5) is 10.1 Å². The highest BCUT2D eigenvalue weighted by Crippen LogP contribution is 2.48. The van der Waals surface area contributed by atoms with Crippen molar-refractivity contribution >= 4 is 34.7 Å². The molecule has 0 saturated heterocycles. The van der Waals surface area contributed by atoms with Crippen molar-refractivity contribution < 1.29 is 14.3 Å². The number of Topliss-reactive ketones (excluding diaryl/α,β-unsaturated/α-hetero) is 1. The summed E-state index contributed by atoms with van der Waals surface area (Å²) in [4.78, 5) is 15.2. The van der Waals surface area contributed by atoms with Crippen molar-refractivity contribution in [1.82, 2.24) is 0 Å². The number of allylic oxidation sites excluding steroid dienone is 2. The maximum Gasteiger partial charge on any atom is 0.161 e. The molecule has 0 fully saturated rings. The predicted octanol–water partition coefficient (Wildman–Crippen LogP) is 7.34. The Morgan fingerprint density at radius 1 is 1.03 bits per heavy atom. The van der Waals surface area contributed by atoms with E-state index in [2.05, 4.69) is 0 Å². The number of aliphatic hydroxyl groups is 1. The summed E-state index contributed by atoms with van der Waals surface area (Å²) in [6.07, 6.45) is 1.57. The van der Waals surface area contributed by atoms with Crippen molar-refractivity contribution in [3.05, 3.63) is 117 Å². The standard InChI is InChI=1S/C29H24ClFN2O2/c1-17-7-2-5-10-22(17)33-23-11-6-12-24(34)26(23)25(20-8-3-4-9-21(20)31)27(29(33)32)28(35)18-13-15-19(30)16-14-18/h2-5,7-10,13-16,25,32,35H,6,11-12H2,1H3/b28-27+,32-29?. The van der Waals surface area contributed by atoms with Gasteiger partial charge in [0, 0.05) is 45.3 Å². The Labute approximate surface area is 208 Å². The van der Waals surface area contributed by atoms with E-state index in [1.165, 1.54) is 6.07 Å². The molecule has 2 N–H and O–H groups in total. The first-order valence-corrected chi connectivity index (χ1v) is 11.9. The molecule has 0 bridgehead atoms. The first-order chi connectivity index (χ1) is 16.9. The van der Waals surface area contributed by atoms with Gasteiger partial charge < -0.3 is 5.11 Å². The van der Waals surface area contributed by atoms with Crippen molar-refractivity contribution in [2.24, 2.45) is 0 Å². The Morgan fingerprint density at radius 3 is 2.43 bits per heavy atom. The van der Waals surface area contributed by atoms with E-state index < -0.39 is 11.7 Å². The van der Waals surface area contributed by atoms with Crippen LogP contribution in [0.1, 0.15) is 41.9 Å². The number of ketones is 1. The van der Waals surface area contributed by atoms with Crippen molar-refractivity contribution in [2.45, 2.75) is 32.1 Å². The van der Waals surface area contributed by atoms with Gasteiger partial charge in [-0.25, -0.2) is 4.39 Å². The van der Waals surface area contributed by atoms with Gasteiger partial charge in [-0.3, -0.25) is 15.1 Å². The van der Waals surface area contributed by atoms with Crippen LogP contribution in [-0.4, -0.2) is 16.7 Å². The number of rotatable bonds is 3. The van der Waals surface area contributed by atoms with Gasteiger partial charge in [0.2, 0.25) is 0 Å². The number of aryl methyl sites for hydroxylation is 1. The number of amidine groups is 1. The number of para-hydroxylation sites is 1. The summed E-state index contributed by atoms with van der Waals surface area (Å²) < 4.78 is 15.2. The first kappa shape index (κ1) is 23.1. The molecule has 0 spiro atoms. The number of carbonyl (C=O) groups excluding carboxylic acids is 1. The quantitative estimate of drug-likeness (QED) is 0.380. The lowest BCUT2D eigenvalue weighted by Gasteiger charge is -2.42. The van der Waals surface area contributed by atoms with Gasteiger partial charge in [-0.05, 0) is 61.7 Å². The van der Waals surface area contributed by atoms with Crippen LogP contribution in [0.15, 0.2) is 89.6 Å². The van der Waals surface area contributed by atoms with Crippen LogP contribution in [0.2, 0.25) is 5.02 Å². The topological polar surface area (TPSA) is 64.4 Å². The molecule has 0 amide bonds. The summed E-state index contributed by atoms with van der Waals surface area (Å²) in [5.41, 5.74) is 3.71. The number of hydrogen-bond donors (Lipinski definition) is 2. The molecule has 176 valence electrons. The van der Waals surface area contributed by atoms with Crippen molar-refractivity contribution in [3.8, 4) is 0 Å². The van der Waals surface area contributed by atoms with Gasteiger partial charge in [0.05, 0.1) is 5.69 Å². The maximum absolute atomic E-state index is 15.2. The number of aliphatic hydroxyl groups excluding tert-OH is 1. The van der Waals surface area contributed by atoms with Crippen LogP contribution < -0.4 is 4.90 Å². The minimum absolute atomic E-state index is 0.0217. The molecule has 0 radical (unpaired) electrons. The summed E-state index contributed by atoms with van der Waals surface area (Å²) in [6, 6.07) is 20.5. The molecule has 3 aromatic carbocycles. The molecule has 1 heterocycles.